The molecule has 108 valence electrons. The number of nitrogens with zero attached hydrogens (tertiary/aromatic N) is 1. The Morgan fingerprint density at radius 3 is 2.25 bits per heavy atom. The number of thiazole rings is 1. The van der Waals surface area contributed by atoms with E-state index < -0.39 is 0 Å². The van der Waals surface area contributed by atoms with Crippen LogP contribution in [0.5, 0.6) is 0 Å². The van der Waals surface area contributed by atoms with Gasteiger partial charge in [0.15, 0.2) is 0 Å². The summed E-state index contributed by atoms with van der Waals surface area (Å²) in [7, 11) is 0. The quantitative estimate of drug-likeness (QED) is 0.885. The predicted molar refractivity (Wildman–Crippen MR) is 88.2 cm³/mol. The number of nitrogens with two attached hydrogens (primary N) is 1. The Labute approximate surface area is 126 Å². The van der Waals surface area contributed by atoms with Crippen molar-refractivity contribution in [2.75, 3.05) is 0 Å². The summed E-state index contributed by atoms with van der Waals surface area (Å²) >= 11 is 1.68. The van der Waals surface area contributed by atoms with Gasteiger partial charge in [-0.2, -0.15) is 0 Å². The van der Waals surface area contributed by atoms with Crippen LogP contribution in [-0.2, 0) is 5.54 Å². The van der Waals surface area contributed by atoms with E-state index in [4.69, 9.17) is 10.7 Å². The lowest BCUT2D eigenvalue weighted by Gasteiger charge is -2.23. The van der Waals surface area contributed by atoms with Gasteiger partial charge in [-0.05, 0) is 56.4 Å². The fourth-order valence-corrected chi connectivity index (χ4v) is 3.49. The van der Waals surface area contributed by atoms with Crippen molar-refractivity contribution < 1.29 is 0 Å². The molecule has 0 amide bonds. The Hall–Kier alpha value is -1.19. The molecule has 0 aliphatic rings. The predicted octanol–water partition coefficient (Wildman–Crippen LogP) is 4.71. The monoisotopic (exact) mass is 288 g/mol. The van der Waals surface area contributed by atoms with Gasteiger partial charge in [0.05, 0.1) is 11.2 Å². The van der Waals surface area contributed by atoms with Gasteiger partial charge < -0.3 is 5.73 Å². The molecular formula is C17H24N2S. The number of aryl methyl sites for hydroxylation is 3. The minimum absolute atomic E-state index is 0.281. The van der Waals surface area contributed by atoms with Gasteiger partial charge in [-0.1, -0.05) is 19.9 Å². The standard InChI is InChI=1S/C17H24N2S/c1-6-17(18,7-2)16-19-15(10-20-16)14-9-12(4)11(3)8-13(14)5/h8-10H,6-7,18H2,1-5H3. The third-order valence-electron chi connectivity index (χ3n) is 4.31. The molecule has 0 saturated carbocycles. The molecule has 0 fully saturated rings. The van der Waals surface area contributed by atoms with E-state index in [9.17, 15) is 0 Å². The molecule has 3 heteroatoms. The van der Waals surface area contributed by atoms with Crippen molar-refractivity contribution >= 4 is 11.3 Å². The summed E-state index contributed by atoms with van der Waals surface area (Å²) in [6.45, 7) is 10.7. The molecule has 2 nitrogen and oxygen atoms in total. The number of hydrogen-bond donors (Lipinski definition) is 1. The van der Waals surface area contributed by atoms with Crippen molar-refractivity contribution in [2.45, 2.75) is 53.0 Å². The Bertz CT molecular complexity index is 609. The SMILES string of the molecule is CCC(N)(CC)c1nc(-c2cc(C)c(C)cc2C)cs1. The maximum atomic E-state index is 6.45. The molecule has 2 N–H and O–H groups in total. The van der Waals surface area contributed by atoms with Crippen molar-refractivity contribution in [1.29, 1.82) is 0 Å². The third-order valence-corrected chi connectivity index (χ3v) is 5.37. The average molecular weight is 288 g/mol. The molecule has 0 aliphatic heterocycles. The van der Waals surface area contributed by atoms with Crippen molar-refractivity contribution in [3.63, 3.8) is 0 Å². The largest absolute Gasteiger partial charge is 0.319 e. The van der Waals surface area contributed by atoms with Crippen LogP contribution < -0.4 is 5.73 Å². The first kappa shape index (κ1) is 15.2. The van der Waals surface area contributed by atoms with Crippen LogP contribution in [0.25, 0.3) is 11.3 Å². The molecule has 20 heavy (non-hydrogen) atoms. The molecule has 0 spiro atoms. The molecular weight excluding hydrogens is 264 g/mol. The summed E-state index contributed by atoms with van der Waals surface area (Å²) in [6.07, 6.45) is 1.84. The van der Waals surface area contributed by atoms with Crippen LogP contribution in [-0.4, -0.2) is 4.98 Å². The summed E-state index contributed by atoms with van der Waals surface area (Å²) in [4.78, 5) is 4.82. The smallest absolute Gasteiger partial charge is 0.113 e. The molecule has 1 aromatic heterocycles. The third kappa shape index (κ3) is 2.65. The van der Waals surface area contributed by atoms with Crippen molar-refractivity contribution in [1.82, 2.24) is 4.98 Å². The van der Waals surface area contributed by atoms with Crippen molar-refractivity contribution in [2.24, 2.45) is 5.73 Å². The van der Waals surface area contributed by atoms with Crippen molar-refractivity contribution in [3.05, 3.63) is 39.2 Å². The first-order valence-corrected chi connectivity index (χ1v) is 8.12. The molecule has 1 aromatic carbocycles. The second kappa shape index (κ2) is 5.66. The van der Waals surface area contributed by atoms with E-state index >= 15 is 0 Å². The maximum Gasteiger partial charge on any atom is 0.113 e. The van der Waals surface area contributed by atoms with E-state index in [0.29, 0.717) is 0 Å². The second-order valence-corrected chi connectivity index (χ2v) is 6.51. The van der Waals surface area contributed by atoms with Gasteiger partial charge in [0.2, 0.25) is 0 Å². The van der Waals surface area contributed by atoms with Crippen LogP contribution >= 0.6 is 11.3 Å². The topological polar surface area (TPSA) is 38.9 Å². The van der Waals surface area contributed by atoms with E-state index in [2.05, 4.69) is 52.1 Å². The van der Waals surface area contributed by atoms with E-state index in [1.807, 2.05) is 0 Å². The first-order chi connectivity index (χ1) is 9.41. The average Bonchev–Trinajstić information content (AvgIpc) is 2.92. The van der Waals surface area contributed by atoms with Gasteiger partial charge in [0.25, 0.3) is 0 Å². The summed E-state index contributed by atoms with van der Waals surface area (Å²) in [6, 6.07) is 4.47. The molecule has 0 atom stereocenters. The van der Waals surface area contributed by atoms with Crippen LogP contribution in [0, 0.1) is 20.8 Å². The van der Waals surface area contributed by atoms with E-state index in [1.54, 1.807) is 11.3 Å². The highest BCUT2D eigenvalue weighted by molar-refractivity contribution is 7.10. The van der Waals surface area contributed by atoms with Gasteiger partial charge >= 0.3 is 0 Å². The van der Waals surface area contributed by atoms with Crippen LogP contribution in [0.3, 0.4) is 0 Å². The minimum Gasteiger partial charge on any atom is -0.319 e. The van der Waals surface area contributed by atoms with Gasteiger partial charge in [-0.25, -0.2) is 4.98 Å². The van der Waals surface area contributed by atoms with E-state index in [0.717, 1.165) is 23.5 Å². The highest BCUT2D eigenvalue weighted by Gasteiger charge is 2.26. The van der Waals surface area contributed by atoms with Gasteiger partial charge in [0.1, 0.15) is 5.01 Å². The molecule has 0 unspecified atom stereocenters. The summed E-state index contributed by atoms with van der Waals surface area (Å²) in [5.41, 5.74) is 12.4. The Morgan fingerprint density at radius 1 is 1.05 bits per heavy atom. The van der Waals surface area contributed by atoms with Crippen molar-refractivity contribution in [3.8, 4) is 11.3 Å². The Morgan fingerprint density at radius 2 is 1.65 bits per heavy atom. The molecule has 2 rings (SSSR count). The molecule has 0 bridgehead atoms. The highest BCUT2D eigenvalue weighted by Crippen LogP contribution is 2.33. The lowest BCUT2D eigenvalue weighted by atomic mass is 9.95. The normalized spacial score (nSPS) is 11.9. The Kier molecular flexibility index (Phi) is 4.31. The fourth-order valence-electron chi connectivity index (χ4n) is 2.42. The molecule has 0 saturated heterocycles. The van der Waals surface area contributed by atoms with Crippen LogP contribution in [0.2, 0.25) is 0 Å². The second-order valence-electron chi connectivity index (χ2n) is 5.65. The zero-order valence-electron chi connectivity index (χ0n) is 13.1. The fraction of sp³-hybridized carbons (Fsp3) is 0.471. The van der Waals surface area contributed by atoms with Crippen LogP contribution in [0.4, 0.5) is 0 Å². The highest BCUT2D eigenvalue weighted by atomic mass is 32.1. The van der Waals surface area contributed by atoms with E-state index in [1.165, 1.54) is 22.3 Å². The zero-order valence-corrected chi connectivity index (χ0v) is 13.9. The molecule has 1 heterocycles. The molecule has 0 aliphatic carbocycles. The molecule has 0 radical (unpaired) electrons. The zero-order chi connectivity index (χ0) is 14.9. The van der Waals surface area contributed by atoms with E-state index in [-0.39, 0.29) is 5.54 Å². The summed E-state index contributed by atoms with van der Waals surface area (Å²) in [5, 5.41) is 3.19. The first-order valence-electron chi connectivity index (χ1n) is 7.24. The van der Waals surface area contributed by atoms with Gasteiger partial charge in [-0.3, -0.25) is 0 Å². The number of rotatable bonds is 4. The lowest BCUT2D eigenvalue weighted by Crippen LogP contribution is -2.34. The number of hydrogen-bond acceptors (Lipinski definition) is 3. The van der Waals surface area contributed by atoms with Gasteiger partial charge in [-0.15, -0.1) is 11.3 Å². The maximum absolute atomic E-state index is 6.45. The number of aromatic nitrogens is 1. The summed E-state index contributed by atoms with van der Waals surface area (Å²) < 4.78 is 0. The van der Waals surface area contributed by atoms with Gasteiger partial charge in [0, 0.05) is 10.9 Å². The number of benzene rings is 1. The van der Waals surface area contributed by atoms with Crippen LogP contribution in [0.1, 0.15) is 48.4 Å². The molecule has 2 aromatic rings. The van der Waals surface area contributed by atoms with Crippen LogP contribution in [0.15, 0.2) is 17.5 Å². The lowest BCUT2D eigenvalue weighted by molar-refractivity contribution is 0.411. The Balaban J connectivity index is 2.46. The minimum atomic E-state index is -0.281. The summed E-state index contributed by atoms with van der Waals surface area (Å²) in [5.74, 6) is 0.